The molecule has 56 valence electrons. The minimum absolute atomic E-state index is 0. The molecule has 0 rings (SSSR count). The molecule has 0 spiro atoms. The van der Waals surface area contributed by atoms with Crippen molar-refractivity contribution in [2.24, 2.45) is 5.92 Å². The third kappa shape index (κ3) is 6.53. The Hall–Kier alpha value is 0.648. The van der Waals surface area contributed by atoms with Crippen molar-refractivity contribution >= 4 is 0 Å². The van der Waals surface area contributed by atoms with Crippen molar-refractivity contribution in [3.05, 3.63) is 5.73 Å². The summed E-state index contributed by atoms with van der Waals surface area (Å²) in [4.78, 5) is 0. The zero-order valence-corrected chi connectivity index (χ0v) is 9.25. The van der Waals surface area contributed by atoms with Crippen LogP contribution in [0.5, 0.6) is 0 Å². The molecule has 0 aliphatic carbocycles. The molecular weight excluding hydrogens is 282 g/mol. The standard InChI is InChI=1S/C7H16N.W/c1-3-5-7(4-2)6-8;/h7-8H,3-6H2,1-2H3;/q-1;. The van der Waals surface area contributed by atoms with Gasteiger partial charge in [-0.25, -0.2) is 0 Å². The van der Waals surface area contributed by atoms with Gasteiger partial charge in [-0.2, -0.15) is 0 Å². The maximum Gasteiger partial charge on any atom is 0 e. The summed E-state index contributed by atoms with van der Waals surface area (Å²) in [5.41, 5.74) is 7.06. The van der Waals surface area contributed by atoms with E-state index < -0.39 is 0 Å². The van der Waals surface area contributed by atoms with E-state index in [-0.39, 0.29) is 21.1 Å². The molecule has 0 bridgehead atoms. The van der Waals surface area contributed by atoms with Crippen LogP contribution in [-0.2, 0) is 21.1 Å². The quantitative estimate of drug-likeness (QED) is 0.762. The Morgan fingerprint density at radius 2 is 1.89 bits per heavy atom. The molecule has 0 aliphatic heterocycles. The van der Waals surface area contributed by atoms with E-state index in [1.165, 1.54) is 19.3 Å². The monoisotopic (exact) mass is 298 g/mol. The molecule has 0 saturated heterocycles. The first kappa shape index (κ1) is 12.3. The average molecular weight is 298 g/mol. The Bertz CT molecular complexity index is 44.2. The normalized spacial score (nSPS) is 12.3. The average Bonchev–Trinajstić information content (AvgIpc) is 1.83. The van der Waals surface area contributed by atoms with Crippen LogP contribution in [0.1, 0.15) is 33.1 Å². The van der Waals surface area contributed by atoms with E-state index in [0.717, 1.165) is 0 Å². The van der Waals surface area contributed by atoms with Gasteiger partial charge in [-0.3, -0.25) is 0 Å². The van der Waals surface area contributed by atoms with Crippen LogP contribution in [0.4, 0.5) is 0 Å². The van der Waals surface area contributed by atoms with E-state index in [1.807, 2.05) is 0 Å². The van der Waals surface area contributed by atoms with Crippen LogP contribution in [0.15, 0.2) is 0 Å². The van der Waals surface area contributed by atoms with Crippen LogP contribution in [-0.4, -0.2) is 6.54 Å². The molecule has 0 amide bonds. The van der Waals surface area contributed by atoms with Crippen LogP contribution in [0.2, 0.25) is 0 Å². The molecule has 1 atom stereocenters. The predicted molar refractivity (Wildman–Crippen MR) is 37.9 cm³/mol. The molecule has 0 aromatic rings. The summed E-state index contributed by atoms with van der Waals surface area (Å²) in [7, 11) is 0. The topological polar surface area (TPSA) is 23.8 Å². The van der Waals surface area contributed by atoms with Crippen LogP contribution in [0, 0.1) is 5.92 Å². The van der Waals surface area contributed by atoms with Gasteiger partial charge in [0.15, 0.2) is 0 Å². The molecule has 0 saturated carbocycles. The van der Waals surface area contributed by atoms with Crippen molar-refractivity contribution in [1.82, 2.24) is 0 Å². The molecule has 0 aliphatic rings. The molecule has 0 heterocycles. The van der Waals surface area contributed by atoms with Gasteiger partial charge in [-0.05, 0) is 0 Å². The van der Waals surface area contributed by atoms with Gasteiger partial charge in [0, 0.05) is 21.1 Å². The summed E-state index contributed by atoms with van der Waals surface area (Å²) < 4.78 is 0. The molecule has 9 heavy (non-hydrogen) atoms. The Balaban J connectivity index is 0. The number of hydrogen-bond acceptors (Lipinski definition) is 0. The van der Waals surface area contributed by atoms with Crippen LogP contribution >= 0.6 is 0 Å². The second kappa shape index (κ2) is 8.65. The minimum atomic E-state index is 0. The molecule has 0 fully saturated rings. The summed E-state index contributed by atoms with van der Waals surface area (Å²) in [5, 5.41) is 0. The van der Waals surface area contributed by atoms with E-state index in [1.54, 1.807) is 0 Å². The van der Waals surface area contributed by atoms with Crippen LogP contribution in [0.25, 0.3) is 5.73 Å². The zero-order valence-electron chi connectivity index (χ0n) is 6.31. The smallest absolute Gasteiger partial charge is 0 e. The van der Waals surface area contributed by atoms with Crippen molar-refractivity contribution in [1.29, 1.82) is 0 Å². The summed E-state index contributed by atoms with van der Waals surface area (Å²) in [6, 6.07) is 0. The summed E-state index contributed by atoms with van der Waals surface area (Å²) in [5.74, 6) is 0.667. The van der Waals surface area contributed by atoms with E-state index >= 15 is 0 Å². The fourth-order valence-corrected chi connectivity index (χ4v) is 0.859. The van der Waals surface area contributed by atoms with Crippen LogP contribution in [0.3, 0.4) is 0 Å². The van der Waals surface area contributed by atoms with Gasteiger partial charge in [0.25, 0.3) is 0 Å². The van der Waals surface area contributed by atoms with Crippen molar-refractivity contribution in [2.45, 2.75) is 33.1 Å². The largest absolute Gasteiger partial charge is 0.677 e. The molecule has 2 heteroatoms. The first-order valence-electron chi connectivity index (χ1n) is 3.49. The minimum Gasteiger partial charge on any atom is -0.677 e. The SMILES string of the molecule is CCCC(CC)C[NH-].[W]. The first-order valence-corrected chi connectivity index (χ1v) is 3.49. The molecule has 0 aromatic heterocycles. The van der Waals surface area contributed by atoms with E-state index in [4.69, 9.17) is 5.73 Å². The molecular formula is C7H16NW-. The van der Waals surface area contributed by atoms with Gasteiger partial charge in [-0.1, -0.05) is 39.0 Å². The Morgan fingerprint density at radius 1 is 1.33 bits per heavy atom. The second-order valence-corrected chi connectivity index (χ2v) is 2.27. The summed E-state index contributed by atoms with van der Waals surface area (Å²) in [6.07, 6.45) is 3.65. The molecule has 0 radical (unpaired) electrons. The Labute approximate surface area is 72.7 Å². The number of nitrogens with one attached hydrogen (secondary N) is 1. The fourth-order valence-electron chi connectivity index (χ4n) is 0.859. The van der Waals surface area contributed by atoms with Gasteiger partial charge < -0.3 is 5.73 Å². The van der Waals surface area contributed by atoms with Gasteiger partial charge in [0.1, 0.15) is 0 Å². The third-order valence-corrected chi connectivity index (χ3v) is 1.56. The van der Waals surface area contributed by atoms with Crippen molar-refractivity contribution in [2.75, 3.05) is 6.54 Å². The molecule has 1 N–H and O–H groups in total. The van der Waals surface area contributed by atoms with E-state index in [0.29, 0.717) is 12.5 Å². The van der Waals surface area contributed by atoms with Gasteiger partial charge in [-0.15, -0.1) is 6.54 Å². The van der Waals surface area contributed by atoms with E-state index in [2.05, 4.69) is 13.8 Å². The van der Waals surface area contributed by atoms with Gasteiger partial charge >= 0.3 is 0 Å². The maximum absolute atomic E-state index is 7.06. The number of rotatable bonds is 4. The van der Waals surface area contributed by atoms with Crippen molar-refractivity contribution in [3.8, 4) is 0 Å². The Kier molecular flexibility index (Phi) is 11.9. The van der Waals surface area contributed by atoms with Crippen molar-refractivity contribution in [3.63, 3.8) is 0 Å². The predicted octanol–water partition coefficient (Wildman–Crippen LogP) is 2.86. The molecule has 1 nitrogen and oxygen atoms in total. The number of hydrogen-bond donors (Lipinski definition) is 0. The van der Waals surface area contributed by atoms with Gasteiger partial charge in [0.05, 0.1) is 0 Å². The molecule has 1 unspecified atom stereocenters. The first-order chi connectivity index (χ1) is 3.85. The zero-order chi connectivity index (χ0) is 6.41. The summed E-state index contributed by atoms with van der Waals surface area (Å²) in [6.45, 7) is 4.96. The maximum atomic E-state index is 7.06. The van der Waals surface area contributed by atoms with Crippen LogP contribution < -0.4 is 0 Å². The second-order valence-electron chi connectivity index (χ2n) is 2.27. The van der Waals surface area contributed by atoms with Crippen molar-refractivity contribution < 1.29 is 21.1 Å². The fraction of sp³-hybridized carbons (Fsp3) is 1.00. The summed E-state index contributed by atoms with van der Waals surface area (Å²) >= 11 is 0. The van der Waals surface area contributed by atoms with E-state index in [9.17, 15) is 0 Å². The van der Waals surface area contributed by atoms with Gasteiger partial charge in [0.2, 0.25) is 0 Å². The molecule has 0 aromatic carbocycles. The Morgan fingerprint density at radius 3 is 2.00 bits per heavy atom. The third-order valence-electron chi connectivity index (χ3n) is 1.56.